The molecule has 132 valence electrons. The number of amides is 2. The Labute approximate surface area is 146 Å². The Bertz CT molecular complexity index is 766. The quantitative estimate of drug-likeness (QED) is 0.852. The highest BCUT2D eigenvalue weighted by atomic mass is 16.2. The molecule has 2 heterocycles. The van der Waals surface area contributed by atoms with Gasteiger partial charge in [0.25, 0.3) is 0 Å². The summed E-state index contributed by atoms with van der Waals surface area (Å²) in [5.74, 6) is 1.82. The number of carbonyl (C=O) groups excluding carboxylic acids is 2. The molecule has 7 heteroatoms. The average molecular weight is 341 g/mol. The summed E-state index contributed by atoms with van der Waals surface area (Å²) in [5.41, 5.74) is 2.07. The summed E-state index contributed by atoms with van der Waals surface area (Å²) >= 11 is 0. The molecule has 0 aliphatic carbocycles. The summed E-state index contributed by atoms with van der Waals surface area (Å²) in [6.07, 6.45) is 1.59. The highest BCUT2D eigenvalue weighted by molar-refractivity contribution is 5.78. The van der Waals surface area contributed by atoms with Crippen LogP contribution in [0.1, 0.15) is 36.1 Å². The number of aryl methyl sites for hydroxylation is 2. The fraction of sp³-hybridized carbons (Fsp3) is 0.444. The van der Waals surface area contributed by atoms with Crippen LogP contribution in [0.5, 0.6) is 0 Å². The first kappa shape index (κ1) is 17.1. The zero-order chi connectivity index (χ0) is 17.8. The van der Waals surface area contributed by atoms with E-state index in [4.69, 9.17) is 0 Å². The zero-order valence-corrected chi connectivity index (χ0v) is 14.6. The second-order valence-electron chi connectivity index (χ2n) is 6.45. The van der Waals surface area contributed by atoms with Crippen molar-refractivity contribution in [3.63, 3.8) is 0 Å². The van der Waals surface area contributed by atoms with Crippen molar-refractivity contribution in [1.82, 2.24) is 25.4 Å². The summed E-state index contributed by atoms with van der Waals surface area (Å²) in [5, 5.41) is 14.0. The summed E-state index contributed by atoms with van der Waals surface area (Å²) in [6.45, 7) is 5.09. The smallest absolute Gasteiger partial charge is 0.225 e. The van der Waals surface area contributed by atoms with Gasteiger partial charge in [0.2, 0.25) is 11.8 Å². The van der Waals surface area contributed by atoms with E-state index in [1.807, 2.05) is 35.8 Å². The molecule has 0 fully saturated rings. The van der Waals surface area contributed by atoms with Crippen LogP contribution in [0.4, 0.5) is 0 Å². The number of nitrogens with zero attached hydrogens (tertiary/aromatic N) is 3. The van der Waals surface area contributed by atoms with E-state index in [0.717, 1.165) is 35.6 Å². The standard InChI is InChI=1S/C18H23N5O2/c1-12-21-22-17-8-7-16(11-23(12)17)18(25)20-10-15-5-3-14(4-6-15)9-19-13(2)24/h3-6,16H,7-11H2,1-2H3,(H,19,24)(H,20,25). The molecule has 25 heavy (non-hydrogen) atoms. The molecule has 0 spiro atoms. The first-order valence-corrected chi connectivity index (χ1v) is 8.51. The van der Waals surface area contributed by atoms with Crippen molar-refractivity contribution in [2.24, 2.45) is 5.92 Å². The lowest BCUT2D eigenvalue weighted by molar-refractivity contribution is -0.126. The molecule has 0 saturated heterocycles. The van der Waals surface area contributed by atoms with Crippen LogP contribution >= 0.6 is 0 Å². The maximum Gasteiger partial charge on any atom is 0.225 e. The molecule has 0 radical (unpaired) electrons. The van der Waals surface area contributed by atoms with Crippen LogP contribution in [0.15, 0.2) is 24.3 Å². The average Bonchev–Trinajstić information content (AvgIpc) is 2.99. The normalized spacial score (nSPS) is 16.2. The molecule has 1 aliphatic rings. The van der Waals surface area contributed by atoms with Crippen molar-refractivity contribution < 1.29 is 9.59 Å². The zero-order valence-electron chi connectivity index (χ0n) is 14.6. The Morgan fingerprint density at radius 1 is 1.12 bits per heavy atom. The maximum absolute atomic E-state index is 12.4. The van der Waals surface area contributed by atoms with Gasteiger partial charge in [-0.05, 0) is 24.5 Å². The lowest BCUT2D eigenvalue weighted by atomic mass is 9.98. The van der Waals surface area contributed by atoms with Crippen LogP contribution in [0.2, 0.25) is 0 Å². The second-order valence-corrected chi connectivity index (χ2v) is 6.45. The molecule has 2 aromatic rings. The number of hydrogen-bond donors (Lipinski definition) is 2. The fourth-order valence-electron chi connectivity index (χ4n) is 3.01. The largest absolute Gasteiger partial charge is 0.352 e. The SMILES string of the molecule is CC(=O)NCc1ccc(CNC(=O)C2CCc3nnc(C)n3C2)cc1. The van der Waals surface area contributed by atoms with Crippen molar-refractivity contribution in [3.8, 4) is 0 Å². The van der Waals surface area contributed by atoms with E-state index < -0.39 is 0 Å². The summed E-state index contributed by atoms with van der Waals surface area (Å²) < 4.78 is 2.03. The number of hydrogen-bond acceptors (Lipinski definition) is 4. The van der Waals surface area contributed by atoms with Gasteiger partial charge in [0.1, 0.15) is 11.6 Å². The maximum atomic E-state index is 12.4. The van der Waals surface area contributed by atoms with Gasteiger partial charge in [0, 0.05) is 33.0 Å². The molecular weight excluding hydrogens is 318 g/mol. The van der Waals surface area contributed by atoms with E-state index >= 15 is 0 Å². The number of carbonyl (C=O) groups is 2. The van der Waals surface area contributed by atoms with E-state index in [1.165, 1.54) is 6.92 Å². The van der Waals surface area contributed by atoms with Crippen LogP contribution in [0.25, 0.3) is 0 Å². The van der Waals surface area contributed by atoms with Gasteiger partial charge in [-0.2, -0.15) is 0 Å². The molecule has 1 aromatic carbocycles. The molecule has 7 nitrogen and oxygen atoms in total. The first-order valence-electron chi connectivity index (χ1n) is 8.51. The van der Waals surface area contributed by atoms with E-state index in [1.54, 1.807) is 0 Å². The molecule has 2 N–H and O–H groups in total. The highest BCUT2D eigenvalue weighted by Crippen LogP contribution is 2.20. The summed E-state index contributed by atoms with van der Waals surface area (Å²) in [4.78, 5) is 23.4. The van der Waals surface area contributed by atoms with E-state index in [-0.39, 0.29) is 17.7 Å². The highest BCUT2D eigenvalue weighted by Gasteiger charge is 2.26. The lowest BCUT2D eigenvalue weighted by Crippen LogP contribution is -2.36. The van der Waals surface area contributed by atoms with Crippen molar-refractivity contribution in [2.45, 2.75) is 46.3 Å². The number of benzene rings is 1. The number of nitrogens with one attached hydrogen (secondary N) is 2. The Morgan fingerprint density at radius 3 is 2.40 bits per heavy atom. The Hall–Kier alpha value is -2.70. The molecule has 1 atom stereocenters. The van der Waals surface area contributed by atoms with Gasteiger partial charge in [-0.15, -0.1) is 10.2 Å². The van der Waals surface area contributed by atoms with Crippen LogP contribution in [0.3, 0.4) is 0 Å². The molecule has 3 rings (SSSR count). The minimum absolute atomic E-state index is 0.0405. The number of aromatic nitrogens is 3. The van der Waals surface area contributed by atoms with Crippen molar-refractivity contribution >= 4 is 11.8 Å². The van der Waals surface area contributed by atoms with Crippen molar-refractivity contribution in [1.29, 1.82) is 0 Å². The minimum Gasteiger partial charge on any atom is -0.352 e. The van der Waals surface area contributed by atoms with E-state index in [0.29, 0.717) is 19.6 Å². The third-order valence-corrected chi connectivity index (χ3v) is 4.53. The molecular formula is C18H23N5O2. The monoisotopic (exact) mass is 341 g/mol. The van der Waals surface area contributed by atoms with E-state index in [2.05, 4.69) is 20.8 Å². The summed E-state index contributed by atoms with van der Waals surface area (Å²) in [6, 6.07) is 7.87. The molecule has 1 aliphatic heterocycles. The predicted molar refractivity (Wildman–Crippen MR) is 92.4 cm³/mol. The molecule has 2 amide bonds. The van der Waals surface area contributed by atoms with E-state index in [9.17, 15) is 9.59 Å². The van der Waals surface area contributed by atoms with Gasteiger partial charge in [0.05, 0.1) is 5.92 Å². The van der Waals surface area contributed by atoms with Crippen molar-refractivity contribution in [3.05, 3.63) is 47.0 Å². The molecule has 1 unspecified atom stereocenters. The van der Waals surface area contributed by atoms with Gasteiger partial charge < -0.3 is 15.2 Å². The third kappa shape index (κ3) is 4.23. The molecule has 1 aromatic heterocycles. The third-order valence-electron chi connectivity index (χ3n) is 4.53. The van der Waals surface area contributed by atoms with Crippen LogP contribution in [-0.4, -0.2) is 26.6 Å². The molecule has 0 saturated carbocycles. The fourth-order valence-corrected chi connectivity index (χ4v) is 3.01. The van der Waals surface area contributed by atoms with Crippen LogP contribution in [-0.2, 0) is 35.6 Å². The van der Waals surface area contributed by atoms with Crippen LogP contribution in [0, 0.1) is 12.8 Å². The topological polar surface area (TPSA) is 88.9 Å². The van der Waals surface area contributed by atoms with Gasteiger partial charge >= 0.3 is 0 Å². The molecule has 0 bridgehead atoms. The minimum atomic E-state index is -0.0460. The van der Waals surface area contributed by atoms with Crippen LogP contribution < -0.4 is 10.6 Å². The predicted octanol–water partition coefficient (Wildman–Crippen LogP) is 1.10. The Kier molecular flexibility index (Phi) is 5.11. The number of fused-ring (bicyclic) bond motifs is 1. The Morgan fingerprint density at radius 2 is 1.76 bits per heavy atom. The number of rotatable bonds is 5. The summed E-state index contributed by atoms with van der Waals surface area (Å²) in [7, 11) is 0. The second kappa shape index (κ2) is 7.46. The lowest BCUT2D eigenvalue weighted by Gasteiger charge is -2.23. The van der Waals surface area contributed by atoms with Gasteiger partial charge in [-0.3, -0.25) is 9.59 Å². The Balaban J connectivity index is 1.51. The van der Waals surface area contributed by atoms with Gasteiger partial charge in [-0.1, -0.05) is 24.3 Å². The van der Waals surface area contributed by atoms with Crippen molar-refractivity contribution in [2.75, 3.05) is 0 Å². The van der Waals surface area contributed by atoms with Gasteiger partial charge in [0.15, 0.2) is 0 Å². The first-order chi connectivity index (χ1) is 12.0. The van der Waals surface area contributed by atoms with Gasteiger partial charge in [-0.25, -0.2) is 0 Å².